The molecule has 1 aromatic carbocycles. The van der Waals surface area contributed by atoms with Gasteiger partial charge in [0.1, 0.15) is 0 Å². The van der Waals surface area contributed by atoms with Crippen molar-refractivity contribution in [2.75, 3.05) is 5.73 Å². The molecule has 0 unspecified atom stereocenters. The molecule has 0 fully saturated rings. The number of nitrogens with zero attached hydrogens (tertiary/aromatic N) is 1. The van der Waals surface area contributed by atoms with E-state index in [0.717, 1.165) is 24.2 Å². The molecule has 15 heavy (non-hydrogen) atoms. The molecule has 2 aromatic rings. The molecule has 0 aliphatic rings. The Balaban J connectivity index is 2.24. The van der Waals surface area contributed by atoms with E-state index in [1.165, 1.54) is 0 Å². The van der Waals surface area contributed by atoms with E-state index < -0.39 is 0 Å². The summed E-state index contributed by atoms with van der Waals surface area (Å²) in [6, 6.07) is 6.07. The number of nitrogens with two attached hydrogens (primary N) is 1. The van der Waals surface area contributed by atoms with Gasteiger partial charge in [-0.25, -0.2) is 4.98 Å². The molecule has 0 atom stereocenters. The lowest BCUT2D eigenvalue weighted by atomic mass is 10.3. The second-order valence-corrected chi connectivity index (χ2v) is 6.43. The summed E-state index contributed by atoms with van der Waals surface area (Å²) in [5, 5.41) is 2.05. The second-order valence-electron chi connectivity index (χ2n) is 3.04. The summed E-state index contributed by atoms with van der Waals surface area (Å²) in [5.74, 6) is 0. The third-order valence-corrected chi connectivity index (χ3v) is 4.59. The smallest absolute Gasteiger partial charge is 0.154 e. The average molecular weight is 348 g/mol. The molecule has 0 radical (unpaired) electrons. The maximum atomic E-state index is 5.93. The molecule has 2 nitrogen and oxygen atoms in total. The summed E-state index contributed by atoms with van der Waals surface area (Å²) in [5.41, 5.74) is 7.81. The lowest BCUT2D eigenvalue weighted by Gasteiger charge is -2.02. The lowest BCUT2D eigenvalue weighted by molar-refractivity contribution is 1.16. The first kappa shape index (κ1) is 11.2. The Hall–Kier alpha value is -0.270. The minimum absolute atomic E-state index is 0.819. The summed E-state index contributed by atoms with van der Waals surface area (Å²) >= 11 is 5.53. The quantitative estimate of drug-likeness (QED) is 0.663. The van der Waals surface area contributed by atoms with Crippen LogP contribution in [0.5, 0.6) is 0 Å². The standard InChI is InChI=1S/C10H9IN2S2/c1-6-5-14-10(13-6)15-9-3-2-7(11)4-8(9)12/h2-5H,12H2,1H3. The van der Waals surface area contributed by atoms with Crippen LogP contribution in [0.4, 0.5) is 5.69 Å². The number of thiazole rings is 1. The normalized spacial score (nSPS) is 10.5. The molecular weight excluding hydrogens is 339 g/mol. The molecule has 0 saturated carbocycles. The van der Waals surface area contributed by atoms with Crippen LogP contribution in [0, 0.1) is 10.5 Å². The van der Waals surface area contributed by atoms with Gasteiger partial charge in [0.2, 0.25) is 0 Å². The number of aryl methyl sites for hydroxylation is 1. The van der Waals surface area contributed by atoms with Crippen LogP contribution in [0.1, 0.15) is 5.69 Å². The summed E-state index contributed by atoms with van der Waals surface area (Å²) in [6.07, 6.45) is 0. The Kier molecular flexibility index (Phi) is 3.53. The number of aromatic nitrogens is 1. The predicted molar refractivity (Wildman–Crippen MR) is 74.5 cm³/mol. The van der Waals surface area contributed by atoms with Crippen molar-refractivity contribution in [1.29, 1.82) is 0 Å². The largest absolute Gasteiger partial charge is 0.398 e. The second kappa shape index (κ2) is 4.71. The van der Waals surface area contributed by atoms with E-state index >= 15 is 0 Å². The number of benzene rings is 1. The van der Waals surface area contributed by atoms with Gasteiger partial charge in [-0.3, -0.25) is 0 Å². The van der Waals surface area contributed by atoms with E-state index in [2.05, 4.69) is 33.6 Å². The van der Waals surface area contributed by atoms with Crippen LogP contribution in [0.3, 0.4) is 0 Å². The highest BCUT2D eigenvalue weighted by molar-refractivity contribution is 14.1. The zero-order valence-electron chi connectivity index (χ0n) is 8.03. The maximum Gasteiger partial charge on any atom is 0.154 e. The molecule has 2 rings (SSSR count). The van der Waals surface area contributed by atoms with Gasteiger partial charge in [0.15, 0.2) is 4.34 Å². The van der Waals surface area contributed by atoms with Gasteiger partial charge in [0, 0.05) is 25.2 Å². The van der Waals surface area contributed by atoms with Crippen molar-refractivity contribution in [2.45, 2.75) is 16.2 Å². The minimum Gasteiger partial charge on any atom is -0.398 e. The van der Waals surface area contributed by atoms with E-state index in [0.29, 0.717) is 0 Å². The van der Waals surface area contributed by atoms with Gasteiger partial charge in [-0.05, 0) is 47.7 Å². The van der Waals surface area contributed by atoms with Crippen LogP contribution in [-0.4, -0.2) is 4.98 Å². The Morgan fingerprint density at radius 2 is 2.27 bits per heavy atom. The fourth-order valence-corrected chi connectivity index (χ4v) is 3.42. The molecule has 0 bridgehead atoms. The minimum atomic E-state index is 0.819. The van der Waals surface area contributed by atoms with Crippen LogP contribution in [0.2, 0.25) is 0 Å². The Labute approximate surface area is 110 Å². The van der Waals surface area contributed by atoms with Crippen LogP contribution in [-0.2, 0) is 0 Å². The summed E-state index contributed by atoms with van der Waals surface area (Å²) in [6.45, 7) is 2.00. The molecule has 78 valence electrons. The van der Waals surface area contributed by atoms with E-state index in [1.807, 2.05) is 24.4 Å². The van der Waals surface area contributed by atoms with Crippen LogP contribution in [0.25, 0.3) is 0 Å². The highest BCUT2D eigenvalue weighted by Gasteiger charge is 2.05. The van der Waals surface area contributed by atoms with E-state index in [1.54, 1.807) is 23.1 Å². The Morgan fingerprint density at radius 1 is 1.47 bits per heavy atom. The van der Waals surface area contributed by atoms with Gasteiger partial charge in [0.25, 0.3) is 0 Å². The molecule has 0 aliphatic heterocycles. The first-order valence-electron chi connectivity index (χ1n) is 4.30. The third kappa shape index (κ3) is 2.85. The highest BCUT2D eigenvalue weighted by atomic mass is 127. The lowest BCUT2D eigenvalue weighted by Crippen LogP contribution is -1.88. The molecule has 0 spiro atoms. The number of rotatable bonds is 2. The molecule has 1 aromatic heterocycles. The van der Waals surface area contributed by atoms with Crippen molar-refractivity contribution in [3.8, 4) is 0 Å². The molecule has 0 saturated heterocycles. The van der Waals surface area contributed by atoms with E-state index in [-0.39, 0.29) is 0 Å². The van der Waals surface area contributed by atoms with Crippen LogP contribution < -0.4 is 5.73 Å². The summed E-state index contributed by atoms with van der Waals surface area (Å²) in [7, 11) is 0. The van der Waals surface area contributed by atoms with E-state index in [9.17, 15) is 0 Å². The summed E-state index contributed by atoms with van der Waals surface area (Å²) < 4.78 is 2.20. The van der Waals surface area contributed by atoms with Gasteiger partial charge in [-0.15, -0.1) is 11.3 Å². The maximum absolute atomic E-state index is 5.93. The van der Waals surface area contributed by atoms with Crippen molar-refractivity contribution < 1.29 is 0 Å². The third-order valence-electron chi connectivity index (χ3n) is 1.77. The highest BCUT2D eigenvalue weighted by Crippen LogP contribution is 2.34. The summed E-state index contributed by atoms with van der Waals surface area (Å²) in [4.78, 5) is 5.47. The number of halogens is 1. The molecular formula is C10H9IN2S2. The average Bonchev–Trinajstić information content (AvgIpc) is 2.56. The molecule has 5 heteroatoms. The van der Waals surface area contributed by atoms with Gasteiger partial charge < -0.3 is 5.73 Å². The monoisotopic (exact) mass is 348 g/mol. The topological polar surface area (TPSA) is 38.9 Å². The van der Waals surface area contributed by atoms with Gasteiger partial charge in [0.05, 0.1) is 0 Å². The van der Waals surface area contributed by atoms with Crippen molar-refractivity contribution in [1.82, 2.24) is 4.98 Å². The van der Waals surface area contributed by atoms with Crippen molar-refractivity contribution in [3.63, 3.8) is 0 Å². The first-order chi connectivity index (χ1) is 7.15. The zero-order valence-corrected chi connectivity index (χ0v) is 11.8. The Morgan fingerprint density at radius 3 is 2.87 bits per heavy atom. The Bertz CT molecular complexity index is 482. The molecule has 1 heterocycles. The number of anilines is 1. The van der Waals surface area contributed by atoms with Gasteiger partial charge in [-0.2, -0.15) is 0 Å². The fourth-order valence-electron chi connectivity index (χ4n) is 1.09. The number of hydrogen-bond donors (Lipinski definition) is 1. The van der Waals surface area contributed by atoms with Crippen LogP contribution in [0.15, 0.2) is 32.8 Å². The number of hydrogen-bond acceptors (Lipinski definition) is 4. The first-order valence-corrected chi connectivity index (χ1v) is 7.07. The van der Waals surface area contributed by atoms with Gasteiger partial charge >= 0.3 is 0 Å². The van der Waals surface area contributed by atoms with Crippen molar-refractivity contribution in [3.05, 3.63) is 32.8 Å². The predicted octanol–water partition coefficient (Wildman–Crippen LogP) is 3.79. The molecule has 0 amide bonds. The molecule has 2 N–H and O–H groups in total. The van der Waals surface area contributed by atoms with Gasteiger partial charge in [-0.1, -0.05) is 11.8 Å². The van der Waals surface area contributed by atoms with Crippen LogP contribution >= 0.6 is 45.7 Å². The SMILES string of the molecule is Cc1csc(Sc2ccc(I)cc2N)n1. The number of nitrogen functional groups attached to an aromatic ring is 1. The van der Waals surface area contributed by atoms with Crippen molar-refractivity contribution in [2.24, 2.45) is 0 Å². The molecule has 0 aliphatic carbocycles. The zero-order chi connectivity index (χ0) is 10.8. The van der Waals surface area contributed by atoms with E-state index in [4.69, 9.17) is 5.73 Å². The van der Waals surface area contributed by atoms with Crippen molar-refractivity contribution >= 4 is 51.4 Å². The fraction of sp³-hybridized carbons (Fsp3) is 0.100.